The predicted molar refractivity (Wildman–Crippen MR) is 229 cm³/mol. The van der Waals surface area contributed by atoms with Gasteiger partial charge in [-0.05, 0) is 84.9 Å². The average Bonchev–Trinajstić information content (AvgIpc) is 4.01. The molecule has 0 unspecified atom stereocenters. The molecule has 0 aliphatic carbocycles. The Balaban J connectivity index is 1.15. The van der Waals surface area contributed by atoms with Crippen molar-refractivity contribution in [3.8, 4) is 17.1 Å². The third-order valence-electron chi connectivity index (χ3n) is 10.8. The van der Waals surface area contributed by atoms with Gasteiger partial charge in [0, 0.05) is 64.7 Å². The largest absolute Gasteiger partial charge is 0.456 e. The predicted octanol–water partition coefficient (Wildman–Crippen LogP) is 14.3. The fraction of sp³-hybridized carbons (Fsp3) is 0. The van der Waals surface area contributed by atoms with E-state index in [1.54, 1.807) is 0 Å². The molecular formula is C49H29N3O2S. The van der Waals surface area contributed by atoms with Crippen molar-refractivity contribution in [3.05, 3.63) is 176 Å². The van der Waals surface area contributed by atoms with Gasteiger partial charge in [0.25, 0.3) is 0 Å². The van der Waals surface area contributed by atoms with Crippen molar-refractivity contribution in [1.29, 1.82) is 0 Å². The zero-order valence-corrected chi connectivity index (χ0v) is 30.1. The van der Waals surface area contributed by atoms with E-state index >= 15 is 0 Å². The lowest BCUT2D eigenvalue weighted by molar-refractivity contribution is 0.617. The summed E-state index contributed by atoms with van der Waals surface area (Å²) in [6.45, 7) is 0. The van der Waals surface area contributed by atoms with E-state index in [2.05, 4.69) is 149 Å². The van der Waals surface area contributed by atoms with Crippen LogP contribution >= 0.6 is 11.3 Å². The van der Waals surface area contributed by atoms with Gasteiger partial charge < -0.3 is 18.3 Å². The van der Waals surface area contributed by atoms with Crippen molar-refractivity contribution in [2.24, 2.45) is 0 Å². The molecule has 4 aromatic heterocycles. The number of anilines is 3. The maximum atomic E-state index is 6.51. The van der Waals surface area contributed by atoms with Crippen LogP contribution in [0.2, 0.25) is 0 Å². The Kier molecular flexibility index (Phi) is 6.44. The molecule has 0 bridgehead atoms. The third-order valence-corrected chi connectivity index (χ3v) is 11.9. The molecule has 8 aromatic carbocycles. The zero-order chi connectivity index (χ0) is 36.0. The summed E-state index contributed by atoms with van der Waals surface area (Å²) in [5.41, 5.74) is 10.7. The van der Waals surface area contributed by atoms with Crippen LogP contribution in [0.4, 0.5) is 17.1 Å². The van der Waals surface area contributed by atoms with E-state index in [1.807, 2.05) is 47.7 Å². The summed E-state index contributed by atoms with van der Waals surface area (Å²) in [4.78, 5) is 7.35. The fourth-order valence-electron chi connectivity index (χ4n) is 8.42. The maximum Gasteiger partial charge on any atom is 0.227 e. The van der Waals surface area contributed by atoms with Gasteiger partial charge in [-0.3, -0.25) is 0 Å². The van der Waals surface area contributed by atoms with E-state index in [9.17, 15) is 0 Å². The minimum absolute atomic E-state index is 0.596. The van der Waals surface area contributed by atoms with Crippen LogP contribution in [0, 0.1) is 0 Å². The van der Waals surface area contributed by atoms with Crippen LogP contribution in [0.15, 0.2) is 185 Å². The van der Waals surface area contributed by atoms with Gasteiger partial charge in [-0.1, -0.05) is 84.9 Å². The van der Waals surface area contributed by atoms with E-state index in [4.69, 9.17) is 13.8 Å². The summed E-state index contributed by atoms with van der Waals surface area (Å²) in [6, 6.07) is 62.1. The Labute approximate surface area is 318 Å². The molecule has 0 spiro atoms. The Bertz CT molecular complexity index is 3450. The molecule has 0 saturated heterocycles. The number of furan rings is 1. The normalized spacial score (nSPS) is 12.0. The topological polar surface area (TPSA) is 47.3 Å². The summed E-state index contributed by atoms with van der Waals surface area (Å²) < 4.78 is 17.6. The lowest BCUT2D eigenvalue weighted by Gasteiger charge is -2.27. The second kappa shape index (κ2) is 11.7. The first kappa shape index (κ1) is 30.3. The molecule has 0 N–H and O–H groups in total. The molecule has 0 aliphatic rings. The fourth-order valence-corrected chi connectivity index (χ4v) is 9.55. The van der Waals surface area contributed by atoms with Crippen LogP contribution in [-0.2, 0) is 0 Å². The van der Waals surface area contributed by atoms with Crippen LogP contribution in [0.5, 0.6) is 0 Å². The van der Waals surface area contributed by atoms with Gasteiger partial charge in [0.15, 0.2) is 5.58 Å². The highest BCUT2D eigenvalue weighted by Gasteiger charge is 2.24. The first-order valence-electron chi connectivity index (χ1n) is 18.4. The number of benzene rings is 8. The Hall–Kier alpha value is -7.15. The number of oxazole rings is 1. The van der Waals surface area contributed by atoms with E-state index in [-0.39, 0.29) is 0 Å². The number of thiophene rings is 1. The van der Waals surface area contributed by atoms with Crippen LogP contribution in [0.3, 0.4) is 0 Å². The molecule has 55 heavy (non-hydrogen) atoms. The number of rotatable bonds is 5. The van der Waals surface area contributed by atoms with Crippen molar-refractivity contribution in [1.82, 2.24) is 9.55 Å². The Morgan fingerprint density at radius 2 is 1.16 bits per heavy atom. The molecule has 0 amide bonds. The average molecular weight is 724 g/mol. The number of hydrogen-bond acceptors (Lipinski definition) is 5. The minimum atomic E-state index is 0.596. The van der Waals surface area contributed by atoms with Crippen molar-refractivity contribution in [3.63, 3.8) is 0 Å². The number of fused-ring (bicyclic) bond motifs is 10. The number of aromatic nitrogens is 2. The summed E-state index contributed by atoms with van der Waals surface area (Å²) in [6.07, 6.45) is 0. The van der Waals surface area contributed by atoms with E-state index in [0.717, 1.165) is 66.8 Å². The van der Waals surface area contributed by atoms with Crippen molar-refractivity contribution < 1.29 is 8.83 Å². The maximum absolute atomic E-state index is 6.51. The van der Waals surface area contributed by atoms with E-state index in [0.29, 0.717) is 11.5 Å². The molecule has 0 aliphatic heterocycles. The summed E-state index contributed by atoms with van der Waals surface area (Å²) in [5.74, 6) is 0.596. The van der Waals surface area contributed by atoms with Gasteiger partial charge in [-0.25, -0.2) is 4.98 Å². The second-order valence-electron chi connectivity index (χ2n) is 13.9. The quantitative estimate of drug-likeness (QED) is 0.177. The lowest BCUT2D eigenvalue weighted by Crippen LogP contribution is -2.10. The van der Waals surface area contributed by atoms with Crippen LogP contribution in [0.1, 0.15) is 0 Å². The van der Waals surface area contributed by atoms with Crippen LogP contribution in [0.25, 0.3) is 92.2 Å². The number of nitrogens with zero attached hydrogens (tertiary/aromatic N) is 3. The molecular weight excluding hydrogens is 695 g/mol. The van der Waals surface area contributed by atoms with Gasteiger partial charge in [-0.2, -0.15) is 0 Å². The summed E-state index contributed by atoms with van der Waals surface area (Å²) >= 11 is 1.84. The summed E-state index contributed by atoms with van der Waals surface area (Å²) in [7, 11) is 0. The van der Waals surface area contributed by atoms with Crippen molar-refractivity contribution in [2.45, 2.75) is 0 Å². The highest BCUT2D eigenvalue weighted by atomic mass is 32.1. The SMILES string of the molecule is c1ccc(-c2nc3cc4c(cc3o2)oc2ccc(N(c3cccc5sc6ccccc6c35)c3cccc5c3c3ccccc3n5-c3ccccc3)cc24)cc1. The van der Waals surface area contributed by atoms with Gasteiger partial charge in [0.1, 0.15) is 16.7 Å². The Morgan fingerprint density at radius 3 is 2.04 bits per heavy atom. The van der Waals surface area contributed by atoms with Crippen molar-refractivity contribution >= 4 is 103 Å². The molecule has 0 atom stereocenters. The molecule has 0 fully saturated rings. The summed E-state index contributed by atoms with van der Waals surface area (Å²) in [5, 5.41) is 6.89. The van der Waals surface area contributed by atoms with Gasteiger partial charge in [0.05, 0.1) is 22.4 Å². The second-order valence-corrected chi connectivity index (χ2v) is 15.0. The molecule has 0 saturated carbocycles. The molecule has 6 heteroatoms. The first-order valence-corrected chi connectivity index (χ1v) is 19.2. The molecule has 12 rings (SSSR count). The van der Waals surface area contributed by atoms with E-state index < -0.39 is 0 Å². The van der Waals surface area contributed by atoms with Gasteiger partial charge in [0.2, 0.25) is 5.89 Å². The highest BCUT2D eigenvalue weighted by molar-refractivity contribution is 7.26. The molecule has 258 valence electrons. The van der Waals surface area contributed by atoms with Crippen LogP contribution in [-0.4, -0.2) is 9.55 Å². The van der Waals surface area contributed by atoms with E-state index in [1.165, 1.54) is 30.9 Å². The van der Waals surface area contributed by atoms with Gasteiger partial charge in [-0.15, -0.1) is 11.3 Å². The first-order chi connectivity index (χ1) is 27.3. The standard InChI is InChI=1S/C49H29N3O2S/c1-3-13-30(14-4-1)49-50-37-28-36-35-27-32(25-26-42(35)53-43(36)29-44(37)54-49)52(41-22-12-24-46-48(41)34-18-8-10-23-45(34)55-46)40-21-11-20-39-47(40)33-17-7-9-19-38(33)51(39)31-15-5-2-6-16-31/h1-29H. The lowest BCUT2D eigenvalue weighted by atomic mass is 10.0. The minimum Gasteiger partial charge on any atom is -0.456 e. The van der Waals surface area contributed by atoms with Crippen LogP contribution < -0.4 is 4.90 Å². The highest BCUT2D eigenvalue weighted by Crippen LogP contribution is 2.49. The van der Waals surface area contributed by atoms with Gasteiger partial charge >= 0.3 is 0 Å². The van der Waals surface area contributed by atoms with Crippen molar-refractivity contribution in [2.75, 3.05) is 4.90 Å². The number of para-hydroxylation sites is 2. The molecule has 12 aromatic rings. The zero-order valence-electron chi connectivity index (χ0n) is 29.3. The number of hydrogen-bond donors (Lipinski definition) is 0. The smallest absolute Gasteiger partial charge is 0.227 e. The molecule has 5 nitrogen and oxygen atoms in total. The monoisotopic (exact) mass is 723 g/mol. The third kappa shape index (κ3) is 4.55. The Morgan fingerprint density at radius 1 is 0.473 bits per heavy atom. The molecule has 0 radical (unpaired) electrons. The molecule has 4 heterocycles.